The first-order valence-electron chi connectivity index (χ1n) is 8.42. The molecule has 0 fully saturated rings. The van der Waals surface area contributed by atoms with E-state index in [1.807, 2.05) is 44.4 Å². The number of fused-ring (bicyclic) bond motifs is 1. The van der Waals surface area contributed by atoms with Crippen molar-refractivity contribution < 1.29 is 0 Å². The molecule has 5 heteroatoms. The Labute approximate surface area is 152 Å². The zero-order valence-corrected chi connectivity index (χ0v) is 14.7. The molecular weight excluding hydrogens is 322 g/mol. The number of anilines is 1. The highest BCUT2D eigenvalue weighted by atomic mass is 15.3. The predicted molar refractivity (Wildman–Crippen MR) is 106 cm³/mol. The predicted octanol–water partition coefficient (Wildman–Crippen LogP) is 3.58. The molecule has 0 amide bonds. The molecule has 0 saturated heterocycles. The average Bonchev–Trinajstić information content (AvgIpc) is 2.88. The molecule has 0 aliphatic carbocycles. The molecule has 1 aromatic heterocycles. The number of benzene rings is 2. The summed E-state index contributed by atoms with van der Waals surface area (Å²) in [6.07, 6.45) is 3.50. The molecule has 0 unspecified atom stereocenters. The number of rotatable bonds is 3. The molecular formula is C21H19N5. The van der Waals surface area contributed by atoms with Crippen LogP contribution in [0, 0.1) is 0 Å². The van der Waals surface area contributed by atoms with Gasteiger partial charge in [-0.3, -0.25) is 10.4 Å². The molecule has 0 spiro atoms. The van der Waals surface area contributed by atoms with Gasteiger partial charge in [0.2, 0.25) is 0 Å². The summed E-state index contributed by atoms with van der Waals surface area (Å²) in [4.78, 5) is 10.9. The number of nitrogens with zero attached hydrogens (tertiary/aromatic N) is 4. The van der Waals surface area contributed by atoms with Gasteiger partial charge < -0.3 is 4.90 Å². The molecule has 26 heavy (non-hydrogen) atoms. The second kappa shape index (κ2) is 6.80. The van der Waals surface area contributed by atoms with Crippen LogP contribution in [0.3, 0.4) is 0 Å². The van der Waals surface area contributed by atoms with Crippen LogP contribution < -0.4 is 10.3 Å². The van der Waals surface area contributed by atoms with Gasteiger partial charge in [0.15, 0.2) is 5.84 Å². The number of hydrogen-bond acceptors (Lipinski definition) is 5. The topological polar surface area (TPSA) is 52.9 Å². The number of hydrogen-bond donors (Lipinski definition) is 1. The molecule has 3 aromatic rings. The molecule has 5 nitrogen and oxygen atoms in total. The van der Waals surface area contributed by atoms with E-state index in [0.29, 0.717) is 5.84 Å². The molecule has 0 atom stereocenters. The average molecular weight is 341 g/mol. The second-order valence-corrected chi connectivity index (χ2v) is 6.23. The van der Waals surface area contributed by atoms with Gasteiger partial charge in [-0.2, -0.15) is 5.10 Å². The minimum Gasteiger partial charge on any atom is -0.378 e. The Kier molecular flexibility index (Phi) is 4.19. The second-order valence-electron chi connectivity index (χ2n) is 6.23. The maximum Gasteiger partial charge on any atom is 0.154 e. The molecule has 2 aromatic carbocycles. The molecule has 4 rings (SSSR count). The van der Waals surface area contributed by atoms with E-state index >= 15 is 0 Å². The van der Waals surface area contributed by atoms with Crippen LogP contribution >= 0.6 is 0 Å². The standard InChI is InChI=1S/C21H19N5/c1-26(2)17-9-7-15(8-10-17)20-18-5-3-4-6-19(18)23-21(25-24-20)16-11-13-22-14-12-16/h3-14H,1-2H3,(H,23,25). The highest BCUT2D eigenvalue weighted by Crippen LogP contribution is 2.26. The summed E-state index contributed by atoms with van der Waals surface area (Å²) in [5, 5.41) is 4.67. The molecule has 128 valence electrons. The van der Waals surface area contributed by atoms with Crippen molar-refractivity contribution in [1.82, 2.24) is 10.4 Å². The lowest BCUT2D eigenvalue weighted by Crippen LogP contribution is -2.19. The number of aliphatic imine (C=N–C) groups is 1. The summed E-state index contributed by atoms with van der Waals surface area (Å²) in [6.45, 7) is 0. The molecule has 0 bridgehead atoms. The van der Waals surface area contributed by atoms with Gasteiger partial charge in [-0.05, 0) is 30.3 Å². The highest BCUT2D eigenvalue weighted by Gasteiger charge is 2.16. The van der Waals surface area contributed by atoms with E-state index in [0.717, 1.165) is 33.8 Å². The lowest BCUT2D eigenvalue weighted by Gasteiger charge is -2.13. The third-order valence-electron chi connectivity index (χ3n) is 4.28. The van der Waals surface area contributed by atoms with Crippen molar-refractivity contribution in [2.24, 2.45) is 10.1 Å². The molecule has 1 N–H and O–H groups in total. The maximum absolute atomic E-state index is 4.79. The summed E-state index contributed by atoms with van der Waals surface area (Å²) >= 11 is 0. The number of amidine groups is 1. The van der Waals surface area contributed by atoms with Gasteiger partial charge in [-0.25, -0.2) is 4.99 Å². The fourth-order valence-electron chi connectivity index (χ4n) is 2.86. The Morgan fingerprint density at radius 2 is 1.54 bits per heavy atom. The van der Waals surface area contributed by atoms with Crippen LogP contribution in [-0.2, 0) is 0 Å². The van der Waals surface area contributed by atoms with Crippen molar-refractivity contribution >= 4 is 22.9 Å². The number of aromatic nitrogens is 1. The Balaban J connectivity index is 1.79. The van der Waals surface area contributed by atoms with Crippen molar-refractivity contribution in [3.63, 3.8) is 0 Å². The minimum atomic E-state index is 0.708. The van der Waals surface area contributed by atoms with Gasteiger partial charge in [-0.15, -0.1) is 0 Å². The third-order valence-corrected chi connectivity index (χ3v) is 4.28. The van der Waals surface area contributed by atoms with Crippen molar-refractivity contribution in [2.75, 3.05) is 19.0 Å². The van der Waals surface area contributed by atoms with Gasteiger partial charge in [0.1, 0.15) is 0 Å². The van der Waals surface area contributed by atoms with E-state index in [1.54, 1.807) is 12.4 Å². The van der Waals surface area contributed by atoms with E-state index in [1.165, 1.54) is 0 Å². The van der Waals surface area contributed by atoms with Crippen LogP contribution in [0.15, 0.2) is 83.2 Å². The van der Waals surface area contributed by atoms with Crippen LogP contribution in [0.2, 0.25) is 0 Å². The number of pyridine rings is 1. The fourth-order valence-corrected chi connectivity index (χ4v) is 2.86. The molecule has 1 aliphatic heterocycles. The first-order valence-corrected chi connectivity index (χ1v) is 8.42. The maximum atomic E-state index is 4.79. The number of hydrazone groups is 1. The van der Waals surface area contributed by atoms with E-state index in [2.05, 4.69) is 50.7 Å². The van der Waals surface area contributed by atoms with Gasteiger partial charge in [-0.1, -0.05) is 30.3 Å². The van der Waals surface area contributed by atoms with Gasteiger partial charge in [0.25, 0.3) is 0 Å². The van der Waals surface area contributed by atoms with Gasteiger partial charge in [0.05, 0.1) is 11.4 Å². The molecule has 2 heterocycles. The van der Waals surface area contributed by atoms with Crippen molar-refractivity contribution in [1.29, 1.82) is 0 Å². The Bertz CT molecular complexity index is 973. The van der Waals surface area contributed by atoms with Crippen molar-refractivity contribution in [3.05, 3.63) is 89.7 Å². The summed E-state index contributed by atoms with van der Waals surface area (Å²) in [6, 6.07) is 20.3. The van der Waals surface area contributed by atoms with E-state index in [4.69, 9.17) is 4.99 Å². The molecule has 1 aliphatic rings. The van der Waals surface area contributed by atoms with Crippen molar-refractivity contribution in [3.8, 4) is 0 Å². The fraction of sp³-hybridized carbons (Fsp3) is 0.0952. The quantitative estimate of drug-likeness (QED) is 0.792. The number of para-hydroxylation sites is 1. The summed E-state index contributed by atoms with van der Waals surface area (Å²) < 4.78 is 0. The van der Waals surface area contributed by atoms with Gasteiger partial charge in [0, 0.05) is 48.9 Å². The monoisotopic (exact) mass is 341 g/mol. The van der Waals surface area contributed by atoms with Gasteiger partial charge >= 0.3 is 0 Å². The van der Waals surface area contributed by atoms with E-state index in [9.17, 15) is 0 Å². The largest absolute Gasteiger partial charge is 0.378 e. The normalized spacial score (nSPS) is 13.0. The molecule has 0 saturated carbocycles. The van der Waals surface area contributed by atoms with Crippen LogP contribution in [0.5, 0.6) is 0 Å². The summed E-state index contributed by atoms with van der Waals surface area (Å²) in [5.74, 6) is 0.708. The third kappa shape index (κ3) is 3.07. The van der Waals surface area contributed by atoms with Crippen LogP contribution in [-0.4, -0.2) is 30.6 Å². The zero-order valence-electron chi connectivity index (χ0n) is 14.7. The van der Waals surface area contributed by atoms with Crippen molar-refractivity contribution in [2.45, 2.75) is 0 Å². The first-order chi connectivity index (χ1) is 12.7. The minimum absolute atomic E-state index is 0.708. The Morgan fingerprint density at radius 1 is 0.808 bits per heavy atom. The Hall–Kier alpha value is -3.47. The number of nitrogens with one attached hydrogen (secondary N) is 1. The SMILES string of the molecule is CN(C)c1ccc(C2=NNC(c3ccncc3)=Nc3ccccc32)cc1. The summed E-state index contributed by atoms with van der Waals surface area (Å²) in [5.41, 5.74) is 9.04. The van der Waals surface area contributed by atoms with Crippen LogP contribution in [0.25, 0.3) is 0 Å². The van der Waals surface area contributed by atoms with Crippen LogP contribution in [0.4, 0.5) is 11.4 Å². The lowest BCUT2D eigenvalue weighted by molar-refractivity contribution is 1.03. The van der Waals surface area contributed by atoms with E-state index in [-0.39, 0.29) is 0 Å². The first kappa shape index (κ1) is 16.0. The highest BCUT2D eigenvalue weighted by molar-refractivity contribution is 6.18. The lowest BCUT2D eigenvalue weighted by atomic mass is 10.0. The van der Waals surface area contributed by atoms with Crippen LogP contribution in [0.1, 0.15) is 16.7 Å². The van der Waals surface area contributed by atoms with E-state index < -0.39 is 0 Å². The Morgan fingerprint density at radius 3 is 2.27 bits per heavy atom. The zero-order chi connectivity index (χ0) is 17.9. The smallest absolute Gasteiger partial charge is 0.154 e. The summed E-state index contributed by atoms with van der Waals surface area (Å²) in [7, 11) is 4.06. The molecule has 0 radical (unpaired) electrons.